The predicted molar refractivity (Wildman–Crippen MR) is 69.8 cm³/mol. The van der Waals surface area contributed by atoms with Gasteiger partial charge in [-0.2, -0.15) is 0 Å². The number of hydrogen-bond acceptors (Lipinski definition) is 2. The van der Waals surface area contributed by atoms with Crippen molar-refractivity contribution < 1.29 is 5.11 Å². The zero-order chi connectivity index (χ0) is 12.1. The molecule has 0 radical (unpaired) electrons. The lowest BCUT2D eigenvalue weighted by molar-refractivity contribution is 0.199. The Kier molecular flexibility index (Phi) is 4.56. The first kappa shape index (κ1) is 12.8. The normalized spacial score (nSPS) is 12.6. The molecule has 1 N–H and O–H groups in total. The zero-order valence-electron chi connectivity index (χ0n) is 10.4. The third kappa shape index (κ3) is 3.11. The van der Waals surface area contributed by atoms with Gasteiger partial charge in [0.1, 0.15) is 0 Å². The zero-order valence-corrected chi connectivity index (χ0v) is 10.4. The van der Waals surface area contributed by atoms with E-state index in [4.69, 9.17) is 0 Å². The molecule has 0 aliphatic rings. The van der Waals surface area contributed by atoms with E-state index in [9.17, 15) is 5.11 Å². The van der Waals surface area contributed by atoms with Crippen molar-refractivity contribution in [1.29, 1.82) is 0 Å². The SMILES string of the molecule is C=CCN(c1ccc([C@H](C)O)cc1)C(C)C. The fourth-order valence-electron chi connectivity index (χ4n) is 1.70. The van der Waals surface area contributed by atoms with Crippen LogP contribution in [0.25, 0.3) is 0 Å². The van der Waals surface area contributed by atoms with Gasteiger partial charge in [0.2, 0.25) is 0 Å². The molecular weight excluding hydrogens is 198 g/mol. The summed E-state index contributed by atoms with van der Waals surface area (Å²) in [5, 5.41) is 9.44. The Balaban J connectivity index is 2.89. The summed E-state index contributed by atoms with van der Waals surface area (Å²) in [6, 6.07) is 8.48. The van der Waals surface area contributed by atoms with E-state index in [1.54, 1.807) is 6.92 Å². The Morgan fingerprint density at radius 2 is 1.81 bits per heavy atom. The maximum Gasteiger partial charge on any atom is 0.0761 e. The molecule has 0 saturated heterocycles. The van der Waals surface area contributed by atoms with Crippen molar-refractivity contribution in [3.05, 3.63) is 42.5 Å². The van der Waals surface area contributed by atoms with Crippen LogP contribution in [-0.2, 0) is 0 Å². The lowest BCUT2D eigenvalue weighted by Crippen LogP contribution is -2.30. The van der Waals surface area contributed by atoms with Crippen molar-refractivity contribution in [2.75, 3.05) is 11.4 Å². The van der Waals surface area contributed by atoms with Gasteiger partial charge in [-0.05, 0) is 38.5 Å². The molecule has 88 valence electrons. The van der Waals surface area contributed by atoms with Crippen LogP contribution in [0.5, 0.6) is 0 Å². The maximum atomic E-state index is 9.44. The molecule has 0 amide bonds. The van der Waals surface area contributed by atoms with Crippen LogP contribution in [0.3, 0.4) is 0 Å². The Hall–Kier alpha value is -1.28. The van der Waals surface area contributed by atoms with E-state index < -0.39 is 6.10 Å². The lowest BCUT2D eigenvalue weighted by atomic mass is 10.1. The van der Waals surface area contributed by atoms with E-state index in [0.29, 0.717) is 6.04 Å². The smallest absolute Gasteiger partial charge is 0.0761 e. The van der Waals surface area contributed by atoms with Gasteiger partial charge < -0.3 is 10.0 Å². The minimum absolute atomic E-state index is 0.402. The summed E-state index contributed by atoms with van der Waals surface area (Å²) in [5.74, 6) is 0. The highest BCUT2D eigenvalue weighted by Gasteiger charge is 2.09. The van der Waals surface area contributed by atoms with E-state index in [1.807, 2.05) is 30.3 Å². The molecule has 1 rings (SSSR count). The van der Waals surface area contributed by atoms with Gasteiger partial charge in [-0.1, -0.05) is 18.2 Å². The second-order valence-corrected chi connectivity index (χ2v) is 4.30. The van der Waals surface area contributed by atoms with Crippen molar-refractivity contribution in [1.82, 2.24) is 0 Å². The topological polar surface area (TPSA) is 23.5 Å². The van der Waals surface area contributed by atoms with Gasteiger partial charge in [-0.25, -0.2) is 0 Å². The third-order valence-electron chi connectivity index (χ3n) is 2.66. The summed E-state index contributed by atoms with van der Waals surface area (Å²) < 4.78 is 0. The monoisotopic (exact) mass is 219 g/mol. The average Bonchev–Trinajstić information content (AvgIpc) is 2.25. The van der Waals surface area contributed by atoms with Gasteiger partial charge in [0.15, 0.2) is 0 Å². The third-order valence-corrected chi connectivity index (χ3v) is 2.66. The highest BCUT2D eigenvalue weighted by molar-refractivity contribution is 5.49. The van der Waals surface area contributed by atoms with Crippen LogP contribution in [0, 0.1) is 0 Å². The highest BCUT2D eigenvalue weighted by atomic mass is 16.3. The van der Waals surface area contributed by atoms with Crippen molar-refractivity contribution >= 4 is 5.69 Å². The van der Waals surface area contributed by atoms with Gasteiger partial charge in [-0.3, -0.25) is 0 Å². The minimum atomic E-state index is -0.402. The number of rotatable bonds is 5. The van der Waals surface area contributed by atoms with Crippen molar-refractivity contribution in [2.45, 2.75) is 32.9 Å². The molecule has 2 heteroatoms. The Morgan fingerprint density at radius 1 is 1.25 bits per heavy atom. The van der Waals surface area contributed by atoms with E-state index in [2.05, 4.69) is 25.3 Å². The van der Waals surface area contributed by atoms with E-state index in [1.165, 1.54) is 5.69 Å². The highest BCUT2D eigenvalue weighted by Crippen LogP contribution is 2.20. The fourth-order valence-corrected chi connectivity index (χ4v) is 1.70. The maximum absolute atomic E-state index is 9.44. The molecule has 0 bridgehead atoms. The predicted octanol–water partition coefficient (Wildman–Crippen LogP) is 3.14. The van der Waals surface area contributed by atoms with E-state index >= 15 is 0 Å². The molecule has 0 aliphatic carbocycles. The van der Waals surface area contributed by atoms with Crippen LogP contribution in [0.15, 0.2) is 36.9 Å². The number of anilines is 1. The van der Waals surface area contributed by atoms with Crippen LogP contribution in [-0.4, -0.2) is 17.7 Å². The second kappa shape index (κ2) is 5.71. The van der Waals surface area contributed by atoms with Gasteiger partial charge in [0, 0.05) is 18.3 Å². The molecule has 1 atom stereocenters. The van der Waals surface area contributed by atoms with Crippen molar-refractivity contribution in [3.8, 4) is 0 Å². The summed E-state index contributed by atoms with van der Waals surface area (Å²) >= 11 is 0. The summed E-state index contributed by atoms with van der Waals surface area (Å²) in [5.41, 5.74) is 2.12. The Bertz CT molecular complexity index is 327. The van der Waals surface area contributed by atoms with Crippen LogP contribution >= 0.6 is 0 Å². The fraction of sp³-hybridized carbons (Fsp3) is 0.429. The van der Waals surface area contributed by atoms with Crippen molar-refractivity contribution in [2.24, 2.45) is 0 Å². The number of hydrogen-bond donors (Lipinski definition) is 1. The molecule has 1 aromatic rings. The number of nitrogens with zero attached hydrogens (tertiary/aromatic N) is 1. The molecule has 0 spiro atoms. The minimum Gasteiger partial charge on any atom is -0.389 e. The Labute approximate surface area is 98.2 Å². The lowest BCUT2D eigenvalue weighted by Gasteiger charge is -2.28. The summed E-state index contributed by atoms with van der Waals surface area (Å²) in [7, 11) is 0. The first-order valence-corrected chi connectivity index (χ1v) is 5.71. The first-order valence-electron chi connectivity index (χ1n) is 5.71. The molecule has 0 heterocycles. The van der Waals surface area contributed by atoms with Crippen LogP contribution in [0.4, 0.5) is 5.69 Å². The van der Waals surface area contributed by atoms with Gasteiger partial charge in [0.05, 0.1) is 6.10 Å². The average molecular weight is 219 g/mol. The quantitative estimate of drug-likeness (QED) is 0.769. The molecular formula is C14H21NO. The summed E-state index contributed by atoms with van der Waals surface area (Å²) in [6.45, 7) is 10.7. The molecule has 0 saturated carbocycles. The van der Waals surface area contributed by atoms with Gasteiger partial charge in [-0.15, -0.1) is 6.58 Å². The van der Waals surface area contributed by atoms with Gasteiger partial charge in [0.25, 0.3) is 0 Å². The van der Waals surface area contributed by atoms with Crippen LogP contribution < -0.4 is 4.90 Å². The molecule has 1 aromatic carbocycles. The molecule has 0 unspecified atom stereocenters. The molecule has 0 aliphatic heterocycles. The molecule has 2 nitrogen and oxygen atoms in total. The van der Waals surface area contributed by atoms with Gasteiger partial charge >= 0.3 is 0 Å². The Morgan fingerprint density at radius 3 is 2.19 bits per heavy atom. The first-order chi connectivity index (χ1) is 7.56. The number of aliphatic hydroxyl groups excluding tert-OH is 1. The van der Waals surface area contributed by atoms with E-state index in [0.717, 1.165) is 12.1 Å². The number of aliphatic hydroxyl groups is 1. The largest absolute Gasteiger partial charge is 0.389 e. The van der Waals surface area contributed by atoms with E-state index in [-0.39, 0.29) is 0 Å². The molecule has 16 heavy (non-hydrogen) atoms. The molecule has 0 fully saturated rings. The summed E-state index contributed by atoms with van der Waals surface area (Å²) in [4.78, 5) is 2.26. The summed E-state index contributed by atoms with van der Waals surface area (Å²) in [6.07, 6.45) is 1.50. The molecule has 0 aromatic heterocycles. The number of benzene rings is 1. The van der Waals surface area contributed by atoms with Crippen molar-refractivity contribution in [3.63, 3.8) is 0 Å². The van der Waals surface area contributed by atoms with Crippen LogP contribution in [0.2, 0.25) is 0 Å². The van der Waals surface area contributed by atoms with Crippen LogP contribution in [0.1, 0.15) is 32.4 Å². The standard InChI is InChI=1S/C14H21NO/c1-5-10-15(11(2)3)14-8-6-13(7-9-14)12(4)16/h5-9,11-12,16H,1,10H2,2-4H3/t12-/m0/s1. The second-order valence-electron chi connectivity index (χ2n) is 4.30.